The highest BCUT2D eigenvalue weighted by Crippen LogP contribution is 2.30. The summed E-state index contributed by atoms with van der Waals surface area (Å²) in [6, 6.07) is 17.5. The van der Waals surface area contributed by atoms with Crippen LogP contribution >= 0.6 is 0 Å². The SMILES string of the molecule is Cc1nc(-c2ccc(Oc3ccccc3)cc2)c2c(N)nccn12. The first-order valence-electron chi connectivity index (χ1n) is 7.65. The predicted octanol–water partition coefficient (Wildman–Crippen LogP) is 4.08. The van der Waals surface area contributed by atoms with Gasteiger partial charge in [-0.3, -0.25) is 4.40 Å². The molecule has 0 aliphatic rings. The quantitative estimate of drug-likeness (QED) is 0.618. The minimum Gasteiger partial charge on any atom is -0.457 e. The van der Waals surface area contributed by atoms with E-state index in [9.17, 15) is 0 Å². The summed E-state index contributed by atoms with van der Waals surface area (Å²) in [7, 11) is 0. The highest BCUT2D eigenvalue weighted by Gasteiger charge is 2.13. The second-order valence-corrected chi connectivity index (χ2v) is 5.48. The molecule has 2 N–H and O–H groups in total. The fraction of sp³-hybridized carbons (Fsp3) is 0.0526. The Kier molecular flexibility index (Phi) is 3.39. The van der Waals surface area contributed by atoms with Gasteiger partial charge in [0.05, 0.1) is 0 Å². The van der Waals surface area contributed by atoms with Gasteiger partial charge in [-0.25, -0.2) is 9.97 Å². The molecule has 0 bridgehead atoms. The Balaban J connectivity index is 1.71. The molecule has 2 aromatic carbocycles. The van der Waals surface area contributed by atoms with Crippen molar-refractivity contribution in [3.8, 4) is 22.8 Å². The third-order valence-electron chi connectivity index (χ3n) is 3.87. The zero-order chi connectivity index (χ0) is 16.5. The lowest BCUT2D eigenvalue weighted by Gasteiger charge is -2.06. The minimum absolute atomic E-state index is 0.470. The number of aromatic nitrogens is 3. The van der Waals surface area contributed by atoms with Gasteiger partial charge in [0.15, 0.2) is 0 Å². The van der Waals surface area contributed by atoms with Crippen LogP contribution in [0.15, 0.2) is 67.0 Å². The Morgan fingerprint density at radius 2 is 1.67 bits per heavy atom. The normalized spacial score (nSPS) is 10.9. The molecule has 0 saturated carbocycles. The van der Waals surface area contributed by atoms with Crippen molar-refractivity contribution in [1.29, 1.82) is 0 Å². The number of aryl methyl sites for hydroxylation is 1. The van der Waals surface area contributed by atoms with Gasteiger partial charge in [0.25, 0.3) is 0 Å². The molecule has 4 aromatic rings. The molecule has 4 rings (SSSR count). The van der Waals surface area contributed by atoms with Crippen molar-refractivity contribution >= 4 is 11.3 Å². The number of anilines is 1. The van der Waals surface area contributed by atoms with E-state index < -0.39 is 0 Å². The van der Waals surface area contributed by atoms with Crippen molar-refractivity contribution in [2.45, 2.75) is 6.92 Å². The average molecular weight is 316 g/mol. The van der Waals surface area contributed by atoms with Gasteiger partial charge >= 0.3 is 0 Å². The van der Waals surface area contributed by atoms with E-state index >= 15 is 0 Å². The van der Waals surface area contributed by atoms with E-state index in [0.29, 0.717) is 5.82 Å². The van der Waals surface area contributed by atoms with E-state index in [-0.39, 0.29) is 0 Å². The van der Waals surface area contributed by atoms with Crippen LogP contribution in [-0.4, -0.2) is 14.4 Å². The standard InChI is InChI=1S/C19H16N4O/c1-13-22-17(18-19(20)21-11-12-23(13)18)14-7-9-16(10-8-14)24-15-5-3-2-4-6-15/h2-12H,1H3,(H2,20,21). The van der Waals surface area contributed by atoms with E-state index in [2.05, 4.69) is 9.97 Å². The summed E-state index contributed by atoms with van der Waals surface area (Å²) in [6.45, 7) is 1.95. The number of fused-ring (bicyclic) bond motifs is 1. The molecule has 0 fully saturated rings. The van der Waals surface area contributed by atoms with Gasteiger partial charge < -0.3 is 10.5 Å². The molecule has 5 heteroatoms. The highest BCUT2D eigenvalue weighted by atomic mass is 16.5. The van der Waals surface area contributed by atoms with Crippen LogP contribution in [0, 0.1) is 6.92 Å². The van der Waals surface area contributed by atoms with Gasteiger partial charge in [-0.05, 0) is 43.3 Å². The van der Waals surface area contributed by atoms with E-state index in [0.717, 1.165) is 34.1 Å². The van der Waals surface area contributed by atoms with Crippen LogP contribution in [0.3, 0.4) is 0 Å². The van der Waals surface area contributed by atoms with Gasteiger partial charge in [-0.1, -0.05) is 18.2 Å². The number of para-hydroxylation sites is 1. The Morgan fingerprint density at radius 3 is 2.42 bits per heavy atom. The first kappa shape index (κ1) is 14.3. The molecule has 2 aromatic heterocycles. The maximum atomic E-state index is 6.04. The average Bonchev–Trinajstić information content (AvgIpc) is 2.95. The number of hydrogen-bond donors (Lipinski definition) is 1. The molecule has 0 amide bonds. The van der Waals surface area contributed by atoms with E-state index in [4.69, 9.17) is 10.5 Å². The van der Waals surface area contributed by atoms with Crippen molar-refractivity contribution in [1.82, 2.24) is 14.4 Å². The number of imidazole rings is 1. The lowest BCUT2D eigenvalue weighted by atomic mass is 10.1. The Labute approximate surface area is 139 Å². The molecule has 0 aliphatic heterocycles. The number of benzene rings is 2. The van der Waals surface area contributed by atoms with Crippen LogP contribution in [0.1, 0.15) is 5.82 Å². The van der Waals surface area contributed by atoms with Crippen molar-refractivity contribution in [3.05, 3.63) is 72.8 Å². The molecule has 0 radical (unpaired) electrons. The van der Waals surface area contributed by atoms with Crippen LogP contribution in [0.2, 0.25) is 0 Å². The fourth-order valence-electron chi connectivity index (χ4n) is 2.72. The van der Waals surface area contributed by atoms with Gasteiger partial charge in [0, 0.05) is 18.0 Å². The predicted molar refractivity (Wildman–Crippen MR) is 94.1 cm³/mol. The van der Waals surface area contributed by atoms with E-state index in [1.165, 1.54) is 0 Å². The maximum absolute atomic E-state index is 6.04. The molecule has 0 unspecified atom stereocenters. The number of nitrogen functional groups attached to an aromatic ring is 1. The summed E-state index contributed by atoms with van der Waals surface area (Å²) < 4.78 is 7.77. The molecule has 0 saturated heterocycles. The van der Waals surface area contributed by atoms with Crippen molar-refractivity contribution in [2.24, 2.45) is 0 Å². The smallest absolute Gasteiger partial charge is 0.150 e. The second kappa shape index (κ2) is 5.70. The van der Waals surface area contributed by atoms with Crippen LogP contribution in [-0.2, 0) is 0 Å². The number of hydrogen-bond acceptors (Lipinski definition) is 4. The second-order valence-electron chi connectivity index (χ2n) is 5.48. The maximum Gasteiger partial charge on any atom is 0.150 e. The summed E-state index contributed by atoms with van der Waals surface area (Å²) in [5, 5.41) is 0. The van der Waals surface area contributed by atoms with Crippen molar-refractivity contribution < 1.29 is 4.74 Å². The lowest BCUT2D eigenvalue weighted by Crippen LogP contribution is -1.96. The van der Waals surface area contributed by atoms with E-state index in [1.54, 1.807) is 6.20 Å². The van der Waals surface area contributed by atoms with Crippen LogP contribution in [0.25, 0.3) is 16.8 Å². The topological polar surface area (TPSA) is 65.4 Å². The third-order valence-corrected chi connectivity index (χ3v) is 3.87. The summed E-state index contributed by atoms with van der Waals surface area (Å²) in [5.41, 5.74) is 8.67. The van der Waals surface area contributed by atoms with Crippen molar-refractivity contribution in [3.63, 3.8) is 0 Å². The summed E-state index contributed by atoms with van der Waals surface area (Å²) in [5.74, 6) is 2.93. The Morgan fingerprint density at radius 1 is 0.958 bits per heavy atom. The fourth-order valence-corrected chi connectivity index (χ4v) is 2.72. The van der Waals surface area contributed by atoms with Crippen LogP contribution in [0.5, 0.6) is 11.5 Å². The third kappa shape index (κ3) is 2.46. The molecule has 2 heterocycles. The Hall–Kier alpha value is -3.34. The van der Waals surface area contributed by atoms with Crippen LogP contribution < -0.4 is 10.5 Å². The lowest BCUT2D eigenvalue weighted by molar-refractivity contribution is 0.483. The molecular weight excluding hydrogens is 300 g/mol. The molecule has 0 atom stereocenters. The molecule has 24 heavy (non-hydrogen) atoms. The largest absolute Gasteiger partial charge is 0.457 e. The summed E-state index contributed by atoms with van der Waals surface area (Å²) in [4.78, 5) is 8.81. The monoisotopic (exact) mass is 316 g/mol. The first-order valence-corrected chi connectivity index (χ1v) is 7.65. The minimum atomic E-state index is 0.470. The zero-order valence-corrected chi connectivity index (χ0v) is 13.2. The van der Waals surface area contributed by atoms with Crippen molar-refractivity contribution in [2.75, 3.05) is 5.73 Å². The van der Waals surface area contributed by atoms with Gasteiger partial charge in [0.1, 0.15) is 34.4 Å². The van der Waals surface area contributed by atoms with Gasteiger partial charge in [-0.2, -0.15) is 0 Å². The highest BCUT2D eigenvalue weighted by molar-refractivity contribution is 5.85. The molecular formula is C19H16N4O. The number of nitrogens with zero attached hydrogens (tertiary/aromatic N) is 3. The molecule has 118 valence electrons. The molecule has 5 nitrogen and oxygen atoms in total. The first-order chi connectivity index (χ1) is 11.7. The summed E-state index contributed by atoms with van der Waals surface area (Å²) >= 11 is 0. The van der Waals surface area contributed by atoms with Gasteiger partial charge in [0.2, 0.25) is 0 Å². The van der Waals surface area contributed by atoms with E-state index in [1.807, 2.05) is 72.1 Å². The number of nitrogens with two attached hydrogens (primary N) is 1. The van der Waals surface area contributed by atoms with Crippen LogP contribution in [0.4, 0.5) is 5.82 Å². The number of ether oxygens (including phenoxy) is 1. The zero-order valence-electron chi connectivity index (χ0n) is 13.2. The molecule has 0 spiro atoms. The number of rotatable bonds is 3. The summed E-state index contributed by atoms with van der Waals surface area (Å²) in [6.07, 6.45) is 3.54. The molecule has 0 aliphatic carbocycles. The Bertz CT molecular complexity index is 991. The van der Waals surface area contributed by atoms with Gasteiger partial charge in [-0.15, -0.1) is 0 Å².